The Morgan fingerprint density at radius 3 is 2.39 bits per heavy atom. The lowest BCUT2D eigenvalue weighted by atomic mass is 10.2. The first-order valence-electron chi connectivity index (χ1n) is 8.53. The standard InChI is InChI=1S/C18H30N4O/c1-20(2)9-6-10-21-11-13-22(14-12-21)16-18(23)19-15-17-7-4-3-5-8-17/h3-5,7-8H,6,9-16H2,1-2H3,(H,19,23). The molecular formula is C18H30N4O. The molecule has 1 aliphatic heterocycles. The van der Waals surface area contributed by atoms with E-state index in [0.717, 1.165) is 44.8 Å². The summed E-state index contributed by atoms with van der Waals surface area (Å²) >= 11 is 0. The summed E-state index contributed by atoms with van der Waals surface area (Å²) in [6, 6.07) is 10.1. The predicted molar refractivity (Wildman–Crippen MR) is 94.3 cm³/mol. The van der Waals surface area contributed by atoms with E-state index in [9.17, 15) is 4.79 Å². The lowest BCUT2D eigenvalue weighted by Crippen LogP contribution is -2.49. The van der Waals surface area contributed by atoms with Crippen molar-refractivity contribution < 1.29 is 4.79 Å². The van der Waals surface area contributed by atoms with Gasteiger partial charge in [-0.15, -0.1) is 0 Å². The fourth-order valence-corrected chi connectivity index (χ4v) is 2.84. The normalized spacial score (nSPS) is 16.7. The Hall–Kier alpha value is -1.43. The molecule has 0 bridgehead atoms. The molecule has 23 heavy (non-hydrogen) atoms. The Balaban J connectivity index is 1.59. The number of benzene rings is 1. The molecule has 1 fully saturated rings. The SMILES string of the molecule is CN(C)CCCN1CCN(CC(=O)NCc2ccccc2)CC1. The minimum absolute atomic E-state index is 0.120. The van der Waals surface area contributed by atoms with Crippen LogP contribution in [-0.2, 0) is 11.3 Å². The zero-order valence-electron chi connectivity index (χ0n) is 14.5. The van der Waals surface area contributed by atoms with Crippen LogP contribution in [0.3, 0.4) is 0 Å². The summed E-state index contributed by atoms with van der Waals surface area (Å²) < 4.78 is 0. The average Bonchev–Trinajstić information content (AvgIpc) is 2.55. The quantitative estimate of drug-likeness (QED) is 0.772. The van der Waals surface area contributed by atoms with Gasteiger partial charge in [0.25, 0.3) is 0 Å². The first kappa shape index (κ1) is 17.9. The minimum atomic E-state index is 0.120. The second-order valence-corrected chi connectivity index (χ2v) is 6.54. The van der Waals surface area contributed by atoms with E-state index in [0.29, 0.717) is 13.1 Å². The monoisotopic (exact) mass is 318 g/mol. The van der Waals surface area contributed by atoms with E-state index in [1.165, 1.54) is 6.42 Å². The molecule has 0 aromatic heterocycles. The van der Waals surface area contributed by atoms with E-state index in [4.69, 9.17) is 0 Å². The molecule has 0 radical (unpaired) electrons. The van der Waals surface area contributed by atoms with Gasteiger partial charge in [-0.1, -0.05) is 30.3 Å². The van der Waals surface area contributed by atoms with Crippen LogP contribution in [0.15, 0.2) is 30.3 Å². The lowest BCUT2D eigenvalue weighted by molar-refractivity contribution is -0.122. The molecular weight excluding hydrogens is 288 g/mol. The molecule has 1 aromatic rings. The van der Waals surface area contributed by atoms with E-state index in [-0.39, 0.29) is 5.91 Å². The van der Waals surface area contributed by atoms with Crippen LogP contribution in [0.5, 0.6) is 0 Å². The molecule has 2 rings (SSSR count). The number of amides is 1. The molecule has 5 nitrogen and oxygen atoms in total. The van der Waals surface area contributed by atoms with E-state index >= 15 is 0 Å². The molecule has 1 aliphatic rings. The third kappa shape index (κ3) is 7.12. The number of carbonyl (C=O) groups excluding carboxylic acids is 1. The van der Waals surface area contributed by atoms with Crippen molar-refractivity contribution in [1.29, 1.82) is 0 Å². The van der Waals surface area contributed by atoms with Crippen LogP contribution in [0.2, 0.25) is 0 Å². The highest BCUT2D eigenvalue weighted by Gasteiger charge is 2.18. The van der Waals surface area contributed by atoms with Crippen molar-refractivity contribution in [2.24, 2.45) is 0 Å². The maximum Gasteiger partial charge on any atom is 0.234 e. The Bertz CT molecular complexity index is 455. The largest absolute Gasteiger partial charge is 0.351 e. The van der Waals surface area contributed by atoms with Crippen LogP contribution in [0.4, 0.5) is 0 Å². The van der Waals surface area contributed by atoms with Gasteiger partial charge in [0.2, 0.25) is 5.91 Å². The Morgan fingerprint density at radius 1 is 1.09 bits per heavy atom. The fourth-order valence-electron chi connectivity index (χ4n) is 2.84. The molecule has 1 heterocycles. The van der Waals surface area contributed by atoms with Crippen molar-refractivity contribution in [3.63, 3.8) is 0 Å². The molecule has 0 unspecified atom stereocenters. The van der Waals surface area contributed by atoms with Crippen LogP contribution >= 0.6 is 0 Å². The van der Waals surface area contributed by atoms with Gasteiger partial charge in [0.1, 0.15) is 0 Å². The molecule has 1 amide bonds. The van der Waals surface area contributed by atoms with Gasteiger partial charge >= 0.3 is 0 Å². The summed E-state index contributed by atoms with van der Waals surface area (Å²) in [5.41, 5.74) is 1.14. The molecule has 1 aromatic carbocycles. The molecule has 0 aliphatic carbocycles. The van der Waals surface area contributed by atoms with E-state index < -0.39 is 0 Å². The van der Waals surface area contributed by atoms with Crippen LogP contribution in [0.25, 0.3) is 0 Å². The first-order valence-corrected chi connectivity index (χ1v) is 8.53. The fraction of sp³-hybridized carbons (Fsp3) is 0.611. The van der Waals surface area contributed by atoms with Gasteiger partial charge in [0.15, 0.2) is 0 Å². The summed E-state index contributed by atoms with van der Waals surface area (Å²) in [6.45, 7) is 7.54. The molecule has 0 saturated carbocycles. The van der Waals surface area contributed by atoms with Gasteiger partial charge in [-0.2, -0.15) is 0 Å². The van der Waals surface area contributed by atoms with E-state index in [2.05, 4.69) is 34.1 Å². The van der Waals surface area contributed by atoms with Gasteiger partial charge < -0.3 is 15.1 Å². The summed E-state index contributed by atoms with van der Waals surface area (Å²) in [5.74, 6) is 0.120. The van der Waals surface area contributed by atoms with Gasteiger partial charge in [-0.3, -0.25) is 9.69 Å². The average molecular weight is 318 g/mol. The first-order chi connectivity index (χ1) is 11.1. The zero-order chi connectivity index (χ0) is 16.5. The second kappa shape index (κ2) is 9.65. The van der Waals surface area contributed by atoms with Crippen LogP contribution in [0, 0.1) is 0 Å². The highest BCUT2D eigenvalue weighted by Crippen LogP contribution is 2.03. The maximum atomic E-state index is 12.0. The number of nitrogens with one attached hydrogen (secondary N) is 1. The summed E-state index contributed by atoms with van der Waals surface area (Å²) in [7, 11) is 4.23. The van der Waals surface area contributed by atoms with Crippen LogP contribution in [0.1, 0.15) is 12.0 Å². The molecule has 1 N–H and O–H groups in total. The smallest absolute Gasteiger partial charge is 0.234 e. The number of piperazine rings is 1. The van der Waals surface area contributed by atoms with Gasteiger partial charge in [-0.05, 0) is 39.2 Å². The summed E-state index contributed by atoms with van der Waals surface area (Å²) in [6.07, 6.45) is 1.21. The van der Waals surface area contributed by atoms with Crippen molar-refractivity contribution >= 4 is 5.91 Å². The third-order valence-electron chi connectivity index (χ3n) is 4.24. The van der Waals surface area contributed by atoms with Crippen LogP contribution in [-0.4, -0.2) is 80.5 Å². The minimum Gasteiger partial charge on any atom is -0.351 e. The van der Waals surface area contributed by atoms with Gasteiger partial charge in [0, 0.05) is 32.7 Å². The molecule has 0 atom stereocenters. The highest BCUT2D eigenvalue weighted by molar-refractivity contribution is 5.78. The van der Waals surface area contributed by atoms with Crippen molar-refractivity contribution in [2.75, 3.05) is 59.9 Å². The second-order valence-electron chi connectivity index (χ2n) is 6.54. The van der Waals surface area contributed by atoms with Crippen molar-refractivity contribution in [3.05, 3.63) is 35.9 Å². The number of rotatable bonds is 8. The molecule has 0 spiro atoms. The molecule has 128 valence electrons. The maximum absolute atomic E-state index is 12.0. The van der Waals surface area contributed by atoms with Crippen molar-refractivity contribution in [3.8, 4) is 0 Å². The van der Waals surface area contributed by atoms with Crippen LogP contribution < -0.4 is 5.32 Å². The van der Waals surface area contributed by atoms with Gasteiger partial charge in [-0.25, -0.2) is 0 Å². The summed E-state index contributed by atoms with van der Waals surface area (Å²) in [4.78, 5) is 19.0. The highest BCUT2D eigenvalue weighted by atomic mass is 16.2. The van der Waals surface area contributed by atoms with Gasteiger partial charge in [0.05, 0.1) is 6.54 Å². The number of nitrogens with zero attached hydrogens (tertiary/aromatic N) is 3. The summed E-state index contributed by atoms with van der Waals surface area (Å²) in [5, 5.41) is 3.00. The van der Waals surface area contributed by atoms with E-state index in [1.807, 2.05) is 30.3 Å². The molecule has 5 heteroatoms. The molecule has 1 saturated heterocycles. The lowest BCUT2D eigenvalue weighted by Gasteiger charge is -2.34. The number of carbonyl (C=O) groups is 1. The van der Waals surface area contributed by atoms with Crippen molar-refractivity contribution in [2.45, 2.75) is 13.0 Å². The Labute approximate surface area is 140 Å². The topological polar surface area (TPSA) is 38.8 Å². The Morgan fingerprint density at radius 2 is 1.74 bits per heavy atom. The van der Waals surface area contributed by atoms with Crippen molar-refractivity contribution in [1.82, 2.24) is 20.0 Å². The predicted octanol–water partition coefficient (Wildman–Crippen LogP) is 0.872. The number of hydrogen-bond donors (Lipinski definition) is 1. The zero-order valence-corrected chi connectivity index (χ0v) is 14.5. The Kier molecular flexibility index (Phi) is 7.52. The van der Waals surface area contributed by atoms with E-state index in [1.54, 1.807) is 0 Å². The third-order valence-corrected chi connectivity index (χ3v) is 4.24. The number of hydrogen-bond acceptors (Lipinski definition) is 4.